The van der Waals surface area contributed by atoms with Crippen LogP contribution in [0, 0.1) is 12.8 Å². The molecule has 1 saturated heterocycles. The Morgan fingerprint density at radius 1 is 1.14 bits per heavy atom. The Kier molecular flexibility index (Phi) is 4.78. The van der Waals surface area contributed by atoms with E-state index >= 15 is 0 Å². The molecule has 116 valence electrons. The molecule has 1 saturated carbocycles. The molecule has 0 radical (unpaired) electrons. The quantitative estimate of drug-likeness (QED) is 0.796. The fraction of sp³-hybridized carbons (Fsp3) is 0.647. The van der Waals surface area contributed by atoms with Gasteiger partial charge < -0.3 is 5.32 Å². The molecule has 2 aliphatic rings. The average Bonchev–Trinajstić information content (AvgIpc) is 2.50. The van der Waals surface area contributed by atoms with Gasteiger partial charge in [0, 0.05) is 24.2 Å². The fourth-order valence-electron chi connectivity index (χ4n) is 3.54. The first-order chi connectivity index (χ1) is 10.3. The lowest BCUT2D eigenvalue weighted by Gasteiger charge is -2.47. The Morgan fingerprint density at radius 3 is 2.67 bits per heavy atom. The molecule has 3 atom stereocenters. The van der Waals surface area contributed by atoms with E-state index in [0.717, 1.165) is 13.0 Å². The highest BCUT2D eigenvalue weighted by Gasteiger charge is 2.37. The van der Waals surface area contributed by atoms with E-state index in [4.69, 9.17) is 0 Å². The summed E-state index contributed by atoms with van der Waals surface area (Å²) in [6.45, 7) is 5.39. The molecule has 3 N–H and O–H groups in total. The molecule has 1 aromatic carbocycles. The second kappa shape index (κ2) is 6.77. The smallest absolute Gasteiger partial charge is 0.0955 e. The maximum absolute atomic E-state index is 3.70. The maximum atomic E-state index is 3.70. The van der Waals surface area contributed by atoms with Crippen LogP contribution in [0.1, 0.15) is 44.6 Å². The van der Waals surface area contributed by atoms with Crippen LogP contribution >= 0.6 is 0 Å². The first-order valence-electron chi connectivity index (χ1n) is 8.39. The molecule has 0 aromatic heterocycles. The Bertz CT molecular complexity index is 445. The number of nitrogens with one attached hydrogen (secondary N) is 3. The maximum Gasteiger partial charge on any atom is 0.0955 e. The molecular formula is C17H28N4. The topological polar surface area (TPSA) is 39.3 Å². The Hall–Kier alpha value is -1.10. The number of fused-ring (bicyclic) bond motifs is 1. The van der Waals surface area contributed by atoms with Crippen molar-refractivity contribution in [1.29, 1.82) is 0 Å². The summed E-state index contributed by atoms with van der Waals surface area (Å²) in [7, 11) is 0. The third-order valence-corrected chi connectivity index (χ3v) is 4.69. The summed E-state index contributed by atoms with van der Waals surface area (Å²) >= 11 is 0. The van der Waals surface area contributed by atoms with E-state index in [9.17, 15) is 0 Å². The molecule has 3 unspecified atom stereocenters. The number of nitrogens with zero attached hydrogens (tertiary/aromatic N) is 1. The summed E-state index contributed by atoms with van der Waals surface area (Å²) in [5, 5.41) is 5.90. The second-order valence-electron chi connectivity index (χ2n) is 6.45. The van der Waals surface area contributed by atoms with Crippen molar-refractivity contribution in [3.8, 4) is 0 Å². The monoisotopic (exact) mass is 288 g/mol. The zero-order valence-corrected chi connectivity index (χ0v) is 13.2. The lowest BCUT2D eigenvalue weighted by molar-refractivity contribution is -0.0210. The van der Waals surface area contributed by atoms with Crippen LogP contribution in [0.3, 0.4) is 0 Å². The van der Waals surface area contributed by atoms with Gasteiger partial charge in [-0.3, -0.25) is 0 Å². The summed E-state index contributed by atoms with van der Waals surface area (Å²) in [5.41, 5.74) is 9.81. The van der Waals surface area contributed by atoms with Gasteiger partial charge in [-0.15, -0.1) is 0 Å². The van der Waals surface area contributed by atoms with E-state index in [1.807, 2.05) is 0 Å². The summed E-state index contributed by atoms with van der Waals surface area (Å²) < 4.78 is 0. The third kappa shape index (κ3) is 3.57. The number of anilines is 1. The van der Waals surface area contributed by atoms with Gasteiger partial charge in [-0.1, -0.05) is 37.5 Å². The summed E-state index contributed by atoms with van der Waals surface area (Å²) in [6, 6.07) is 9.31. The van der Waals surface area contributed by atoms with Crippen molar-refractivity contribution in [2.24, 2.45) is 5.92 Å². The van der Waals surface area contributed by atoms with Crippen molar-refractivity contribution in [3.05, 3.63) is 29.8 Å². The van der Waals surface area contributed by atoms with Gasteiger partial charge in [0.05, 0.1) is 6.17 Å². The van der Waals surface area contributed by atoms with Gasteiger partial charge in [0.25, 0.3) is 0 Å². The van der Waals surface area contributed by atoms with Crippen LogP contribution in [0.15, 0.2) is 24.3 Å². The van der Waals surface area contributed by atoms with Crippen LogP contribution in [0.2, 0.25) is 0 Å². The predicted molar refractivity (Wildman–Crippen MR) is 87.6 cm³/mol. The van der Waals surface area contributed by atoms with Gasteiger partial charge in [0.15, 0.2) is 0 Å². The van der Waals surface area contributed by atoms with Crippen LogP contribution in [0.5, 0.6) is 0 Å². The average molecular weight is 288 g/mol. The van der Waals surface area contributed by atoms with Gasteiger partial charge >= 0.3 is 0 Å². The van der Waals surface area contributed by atoms with E-state index < -0.39 is 0 Å². The summed E-state index contributed by atoms with van der Waals surface area (Å²) in [5.74, 6) is 0.660. The normalized spacial score (nSPS) is 29.9. The summed E-state index contributed by atoms with van der Waals surface area (Å²) in [4.78, 5) is 0. The van der Waals surface area contributed by atoms with Crippen molar-refractivity contribution in [3.63, 3.8) is 0 Å². The third-order valence-electron chi connectivity index (χ3n) is 4.69. The van der Waals surface area contributed by atoms with E-state index in [-0.39, 0.29) is 0 Å². The van der Waals surface area contributed by atoms with Crippen molar-refractivity contribution >= 4 is 5.69 Å². The molecule has 4 nitrogen and oxygen atoms in total. The zero-order valence-electron chi connectivity index (χ0n) is 13.2. The van der Waals surface area contributed by atoms with Gasteiger partial charge in [-0.2, -0.15) is 5.12 Å². The van der Waals surface area contributed by atoms with Gasteiger partial charge in [-0.05, 0) is 38.3 Å². The number of hydrazine groups is 2. The lowest BCUT2D eigenvalue weighted by Crippen LogP contribution is -2.68. The summed E-state index contributed by atoms with van der Waals surface area (Å²) in [6.07, 6.45) is 6.77. The second-order valence-corrected chi connectivity index (χ2v) is 6.45. The standard InChI is InChI=1S/C17H28N4/c1-3-12-21-19-16-7-5-4-6-15(16)17(20-21)18-14-10-8-13(2)9-11-14/h8-11,15-20H,3-7,12H2,1-2H3. The molecule has 0 spiro atoms. The number of rotatable bonds is 4. The van der Waals surface area contributed by atoms with E-state index in [1.165, 1.54) is 36.9 Å². The molecule has 1 heterocycles. The fourth-order valence-corrected chi connectivity index (χ4v) is 3.54. The Balaban J connectivity index is 1.71. The predicted octanol–water partition coefficient (Wildman–Crippen LogP) is 3.03. The molecule has 1 aliphatic heterocycles. The number of hydrogen-bond acceptors (Lipinski definition) is 4. The van der Waals surface area contributed by atoms with Gasteiger partial charge in [0.1, 0.15) is 0 Å². The largest absolute Gasteiger partial charge is 0.368 e. The highest BCUT2D eigenvalue weighted by Crippen LogP contribution is 2.30. The van der Waals surface area contributed by atoms with Gasteiger partial charge in [0.2, 0.25) is 0 Å². The minimum Gasteiger partial charge on any atom is -0.368 e. The molecule has 2 fully saturated rings. The first kappa shape index (κ1) is 14.8. The number of hydrogen-bond donors (Lipinski definition) is 3. The molecule has 4 heteroatoms. The Morgan fingerprint density at radius 2 is 1.90 bits per heavy atom. The van der Waals surface area contributed by atoms with E-state index in [0.29, 0.717) is 18.1 Å². The molecule has 1 aromatic rings. The molecule has 21 heavy (non-hydrogen) atoms. The van der Waals surface area contributed by atoms with Crippen molar-refractivity contribution < 1.29 is 0 Å². The molecule has 1 aliphatic carbocycles. The minimum atomic E-state index is 0.325. The van der Waals surface area contributed by atoms with Crippen molar-refractivity contribution in [2.75, 3.05) is 11.9 Å². The highest BCUT2D eigenvalue weighted by atomic mass is 15.8. The SMILES string of the molecule is CCCN1NC2CCCCC2C(Nc2ccc(C)cc2)N1. The number of aryl methyl sites for hydroxylation is 1. The zero-order chi connectivity index (χ0) is 14.7. The van der Waals surface area contributed by atoms with E-state index in [2.05, 4.69) is 59.4 Å². The molecular weight excluding hydrogens is 260 g/mol. The van der Waals surface area contributed by atoms with Crippen molar-refractivity contribution in [2.45, 2.75) is 58.2 Å². The van der Waals surface area contributed by atoms with Crippen LogP contribution in [-0.4, -0.2) is 23.9 Å². The molecule has 0 bridgehead atoms. The van der Waals surface area contributed by atoms with Crippen LogP contribution in [0.25, 0.3) is 0 Å². The molecule has 0 amide bonds. The Labute approximate surface area is 128 Å². The van der Waals surface area contributed by atoms with Crippen molar-refractivity contribution in [1.82, 2.24) is 16.0 Å². The van der Waals surface area contributed by atoms with Crippen LogP contribution < -0.4 is 16.2 Å². The van der Waals surface area contributed by atoms with Crippen LogP contribution in [-0.2, 0) is 0 Å². The first-order valence-corrected chi connectivity index (χ1v) is 8.39. The highest BCUT2D eigenvalue weighted by molar-refractivity contribution is 5.45. The molecule has 3 rings (SSSR count). The number of benzene rings is 1. The lowest BCUT2D eigenvalue weighted by atomic mass is 9.82. The van der Waals surface area contributed by atoms with E-state index in [1.54, 1.807) is 0 Å². The van der Waals surface area contributed by atoms with Crippen LogP contribution in [0.4, 0.5) is 5.69 Å². The minimum absolute atomic E-state index is 0.325. The van der Waals surface area contributed by atoms with Gasteiger partial charge in [-0.25, -0.2) is 10.9 Å².